The molecular weight excluding hydrogens is 400 g/mol. The molecule has 0 bridgehead atoms. The van der Waals surface area contributed by atoms with Crippen molar-refractivity contribution in [2.45, 2.75) is 51.3 Å². The molecule has 4 rings (SSSR count). The highest BCUT2D eigenvalue weighted by Crippen LogP contribution is 2.22. The van der Waals surface area contributed by atoms with Crippen LogP contribution in [-0.2, 0) is 13.2 Å². The Labute approximate surface area is 180 Å². The second-order valence-corrected chi connectivity index (χ2v) is 7.90. The van der Waals surface area contributed by atoms with Crippen LogP contribution in [0.4, 0.5) is 8.78 Å². The number of benzene rings is 2. The molecule has 0 atom stereocenters. The fourth-order valence-electron chi connectivity index (χ4n) is 3.77. The molecule has 1 N–H and O–H groups in total. The summed E-state index contributed by atoms with van der Waals surface area (Å²) in [5.74, 6) is -0.619. The molecule has 0 spiro atoms. The highest BCUT2D eigenvalue weighted by molar-refractivity contribution is 5.96. The average Bonchev–Trinajstić information content (AvgIpc) is 3.18. The molecule has 1 fully saturated rings. The van der Waals surface area contributed by atoms with Gasteiger partial charge in [-0.1, -0.05) is 43.5 Å². The number of hydrogen-bond acceptors (Lipinski definition) is 3. The van der Waals surface area contributed by atoms with Gasteiger partial charge in [-0.15, -0.1) is 5.10 Å². The summed E-state index contributed by atoms with van der Waals surface area (Å²) in [5.41, 5.74) is 1.98. The highest BCUT2D eigenvalue weighted by atomic mass is 19.1. The first-order valence-corrected chi connectivity index (χ1v) is 10.6. The number of amides is 1. The quantitative estimate of drug-likeness (QED) is 0.589. The van der Waals surface area contributed by atoms with Gasteiger partial charge in [0.1, 0.15) is 23.8 Å². The van der Waals surface area contributed by atoms with Crippen molar-refractivity contribution < 1.29 is 18.3 Å². The summed E-state index contributed by atoms with van der Waals surface area (Å²) >= 11 is 0. The zero-order valence-corrected chi connectivity index (χ0v) is 17.2. The predicted molar refractivity (Wildman–Crippen MR) is 113 cm³/mol. The Balaban J connectivity index is 1.52. The van der Waals surface area contributed by atoms with E-state index >= 15 is 0 Å². The fourth-order valence-corrected chi connectivity index (χ4v) is 3.77. The van der Waals surface area contributed by atoms with Crippen molar-refractivity contribution in [1.29, 1.82) is 0 Å². The molecule has 0 radical (unpaired) electrons. The zero-order chi connectivity index (χ0) is 21.6. The molecule has 1 saturated carbocycles. The van der Waals surface area contributed by atoms with E-state index in [9.17, 15) is 13.6 Å². The molecule has 2 aromatic carbocycles. The van der Waals surface area contributed by atoms with Crippen molar-refractivity contribution in [3.05, 3.63) is 83.1 Å². The van der Waals surface area contributed by atoms with Gasteiger partial charge < -0.3 is 10.1 Å². The molecule has 1 aromatic heterocycles. The monoisotopic (exact) mass is 425 g/mol. The Morgan fingerprint density at radius 1 is 0.968 bits per heavy atom. The van der Waals surface area contributed by atoms with E-state index in [0.29, 0.717) is 12.1 Å². The lowest BCUT2D eigenvalue weighted by Gasteiger charge is -2.22. The number of aromatic nitrogens is 2. The van der Waals surface area contributed by atoms with Crippen LogP contribution < -0.4 is 10.1 Å². The second-order valence-electron chi connectivity index (χ2n) is 7.90. The number of hydrogen-bond donors (Lipinski definition) is 1. The van der Waals surface area contributed by atoms with Crippen LogP contribution in [0, 0.1) is 11.6 Å². The topological polar surface area (TPSA) is 56.2 Å². The predicted octanol–water partition coefficient (Wildman–Crippen LogP) is 4.85. The van der Waals surface area contributed by atoms with Gasteiger partial charge in [0.05, 0.1) is 6.54 Å². The van der Waals surface area contributed by atoms with Crippen molar-refractivity contribution in [2.24, 2.45) is 0 Å². The van der Waals surface area contributed by atoms with Crippen LogP contribution in [0.5, 0.6) is 5.88 Å². The van der Waals surface area contributed by atoms with E-state index < -0.39 is 0 Å². The fraction of sp³-hybridized carbons (Fsp3) is 0.333. The van der Waals surface area contributed by atoms with E-state index in [0.717, 1.165) is 36.8 Å². The van der Waals surface area contributed by atoms with E-state index in [2.05, 4.69) is 10.4 Å². The number of carbonyl (C=O) groups excluding carboxylic acids is 1. The molecule has 5 nitrogen and oxygen atoms in total. The number of halogens is 2. The maximum absolute atomic E-state index is 13.2. The van der Waals surface area contributed by atoms with E-state index in [1.54, 1.807) is 35.1 Å². The summed E-state index contributed by atoms with van der Waals surface area (Å²) in [4.78, 5) is 13.0. The SMILES string of the molecule is O=C(NC1CCCCC1)c1cn(Cc2ccc(F)cc2)nc1OCc1ccc(F)cc1. The van der Waals surface area contributed by atoms with Gasteiger partial charge in [0, 0.05) is 12.2 Å². The largest absolute Gasteiger partial charge is 0.471 e. The Kier molecular flexibility index (Phi) is 6.60. The van der Waals surface area contributed by atoms with E-state index in [-0.39, 0.29) is 36.1 Å². The van der Waals surface area contributed by atoms with Gasteiger partial charge in [0.15, 0.2) is 0 Å². The molecule has 1 aliphatic rings. The smallest absolute Gasteiger partial charge is 0.258 e. The number of nitrogens with zero attached hydrogens (tertiary/aromatic N) is 2. The molecular formula is C24H25F2N3O2. The van der Waals surface area contributed by atoms with Crippen LogP contribution in [-0.4, -0.2) is 21.7 Å². The summed E-state index contributed by atoms with van der Waals surface area (Å²) in [6.07, 6.45) is 7.03. The zero-order valence-electron chi connectivity index (χ0n) is 17.2. The lowest BCUT2D eigenvalue weighted by Crippen LogP contribution is -2.36. The maximum Gasteiger partial charge on any atom is 0.258 e. The Morgan fingerprint density at radius 2 is 1.58 bits per heavy atom. The van der Waals surface area contributed by atoms with Gasteiger partial charge in [0.2, 0.25) is 5.88 Å². The third kappa shape index (κ3) is 5.69. The lowest BCUT2D eigenvalue weighted by atomic mass is 9.95. The lowest BCUT2D eigenvalue weighted by molar-refractivity contribution is 0.0923. The van der Waals surface area contributed by atoms with Gasteiger partial charge in [0.25, 0.3) is 5.91 Å². The minimum Gasteiger partial charge on any atom is -0.471 e. The summed E-state index contributed by atoms with van der Waals surface area (Å²) in [6, 6.07) is 12.3. The molecule has 0 aliphatic heterocycles. The van der Waals surface area contributed by atoms with Gasteiger partial charge in [-0.05, 0) is 48.2 Å². The molecule has 0 saturated heterocycles. The maximum atomic E-state index is 13.2. The molecule has 162 valence electrons. The summed E-state index contributed by atoms with van der Waals surface area (Å²) < 4.78 is 33.8. The van der Waals surface area contributed by atoms with Gasteiger partial charge in [-0.2, -0.15) is 0 Å². The molecule has 1 amide bonds. The van der Waals surface area contributed by atoms with Crippen LogP contribution in [0.2, 0.25) is 0 Å². The molecule has 7 heteroatoms. The Bertz CT molecular complexity index is 1010. The molecule has 3 aromatic rings. The molecule has 1 heterocycles. The number of ether oxygens (including phenoxy) is 1. The normalized spacial score (nSPS) is 14.4. The standard InChI is InChI=1S/C24H25F2N3O2/c25-19-10-6-17(7-11-19)14-29-15-22(23(30)27-21-4-2-1-3-5-21)24(28-29)31-16-18-8-12-20(26)13-9-18/h6-13,15,21H,1-5,14,16H2,(H,27,30). The number of rotatable bonds is 7. The second kappa shape index (κ2) is 9.73. The highest BCUT2D eigenvalue weighted by Gasteiger charge is 2.22. The third-order valence-electron chi connectivity index (χ3n) is 5.46. The Hall–Kier alpha value is -3.22. The van der Waals surface area contributed by atoms with Crippen molar-refractivity contribution in [3.8, 4) is 5.88 Å². The third-order valence-corrected chi connectivity index (χ3v) is 5.46. The van der Waals surface area contributed by atoms with Crippen LogP contribution in [0.3, 0.4) is 0 Å². The van der Waals surface area contributed by atoms with Gasteiger partial charge in [-0.3, -0.25) is 9.48 Å². The molecule has 31 heavy (non-hydrogen) atoms. The molecule has 1 aliphatic carbocycles. The van der Waals surface area contributed by atoms with Crippen molar-refractivity contribution >= 4 is 5.91 Å². The van der Waals surface area contributed by atoms with E-state index in [1.807, 2.05) is 0 Å². The summed E-state index contributed by atoms with van der Waals surface area (Å²) in [5, 5.41) is 7.53. The van der Waals surface area contributed by atoms with Crippen LogP contribution >= 0.6 is 0 Å². The van der Waals surface area contributed by atoms with Crippen LogP contribution in [0.15, 0.2) is 54.7 Å². The van der Waals surface area contributed by atoms with E-state index in [1.165, 1.54) is 30.7 Å². The first-order valence-electron chi connectivity index (χ1n) is 10.6. The van der Waals surface area contributed by atoms with Crippen LogP contribution in [0.25, 0.3) is 0 Å². The van der Waals surface area contributed by atoms with Crippen molar-refractivity contribution in [3.63, 3.8) is 0 Å². The number of carbonyl (C=O) groups is 1. The van der Waals surface area contributed by atoms with E-state index in [4.69, 9.17) is 4.74 Å². The van der Waals surface area contributed by atoms with Crippen molar-refractivity contribution in [1.82, 2.24) is 15.1 Å². The van der Waals surface area contributed by atoms with Crippen LogP contribution in [0.1, 0.15) is 53.6 Å². The first-order chi connectivity index (χ1) is 15.1. The number of nitrogens with one attached hydrogen (secondary N) is 1. The van der Waals surface area contributed by atoms with Gasteiger partial charge in [-0.25, -0.2) is 8.78 Å². The van der Waals surface area contributed by atoms with Gasteiger partial charge >= 0.3 is 0 Å². The molecule has 0 unspecified atom stereocenters. The first kappa shape index (κ1) is 21.0. The minimum atomic E-state index is -0.320. The Morgan fingerprint density at radius 3 is 2.23 bits per heavy atom. The average molecular weight is 425 g/mol. The summed E-state index contributed by atoms with van der Waals surface area (Å²) in [6.45, 7) is 0.543. The van der Waals surface area contributed by atoms with Crippen molar-refractivity contribution in [2.75, 3.05) is 0 Å². The minimum absolute atomic E-state index is 0.159. The summed E-state index contributed by atoms with van der Waals surface area (Å²) in [7, 11) is 0.